The molecule has 0 aliphatic heterocycles. The van der Waals surface area contributed by atoms with Gasteiger partial charge in [0.05, 0.1) is 17.2 Å². The third-order valence-corrected chi connectivity index (χ3v) is 5.73. The van der Waals surface area contributed by atoms with Crippen molar-refractivity contribution in [2.24, 2.45) is 0 Å². The van der Waals surface area contributed by atoms with Crippen LogP contribution in [0.1, 0.15) is 42.1 Å². The van der Waals surface area contributed by atoms with Crippen LogP contribution in [0.3, 0.4) is 0 Å². The first-order valence-electron chi connectivity index (χ1n) is 10.2. The van der Waals surface area contributed by atoms with E-state index in [1.807, 2.05) is 30.5 Å². The Bertz CT molecular complexity index is 880. The summed E-state index contributed by atoms with van der Waals surface area (Å²) in [5.74, 6) is 0.858. The summed E-state index contributed by atoms with van der Waals surface area (Å²) < 4.78 is 5.72. The van der Waals surface area contributed by atoms with Gasteiger partial charge in [0.25, 0.3) is 5.91 Å². The van der Waals surface area contributed by atoms with Gasteiger partial charge in [0.2, 0.25) is 5.91 Å². The number of thioether (sulfide) groups is 1. The average Bonchev–Trinajstić information content (AvgIpc) is 2.75. The van der Waals surface area contributed by atoms with Gasteiger partial charge in [-0.1, -0.05) is 48.7 Å². The van der Waals surface area contributed by atoms with E-state index in [1.165, 1.54) is 6.07 Å². The average molecular weight is 483 g/mol. The summed E-state index contributed by atoms with van der Waals surface area (Å²) in [4.78, 5) is 25.5. The zero-order chi connectivity index (χ0) is 22.6. The molecule has 2 rings (SSSR count). The van der Waals surface area contributed by atoms with Crippen LogP contribution < -0.4 is 15.4 Å². The number of amides is 2. The molecular formula is C23H28Cl2N2O3S. The Morgan fingerprint density at radius 2 is 1.97 bits per heavy atom. The largest absolute Gasteiger partial charge is 0.494 e. The molecule has 2 N–H and O–H groups in total. The third kappa shape index (κ3) is 8.63. The summed E-state index contributed by atoms with van der Waals surface area (Å²) in [7, 11) is 0. The van der Waals surface area contributed by atoms with Gasteiger partial charge >= 0.3 is 0 Å². The van der Waals surface area contributed by atoms with E-state index < -0.39 is 11.9 Å². The number of ether oxygens (including phenoxy) is 1. The summed E-state index contributed by atoms with van der Waals surface area (Å²) >= 11 is 13.6. The Morgan fingerprint density at radius 1 is 1.16 bits per heavy atom. The summed E-state index contributed by atoms with van der Waals surface area (Å²) in [6.07, 6.45) is 4.52. The van der Waals surface area contributed by atoms with Crippen LogP contribution >= 0.6 is 35.0 Å². The second-order valence-electron chi connectivity index (χ2n) is 7.00. The van der Waals surface area contributed by atoms with Crippen molar-refractivity contribution in [2.45, 2.75) is 38.8 Å². The van der Waals surface area contributed by atoms with Gasteiger partial charge in [0.1, 0.15) is 11.8 Å². The first-order valence-corrected chi connectivity index (χ1v) is 12.3. The Kier molecular flexibility index (Phi) is 11.1. The molecule has 2 aromatic carbocycles. The molecule has 0 spiro atoms. The fraction of sp³-hybridized carbons (Fsp3) is 0.391. The molecular weight excluding hydrogens is 455 g/mol. The molecule has 0 heterocycles. The predicted octanol–water partition coefficient (Wildman–Crippen LogP) is 5.34. The molecule has 1 unspecified atom stereocenters. The van der Waals surface area contributed by atoms with E-state index in [-0.39, 0.29) is 16.5 Å². The molecule has 0 radical (unpaired) electrons. The lowest BCUT2D eigenvalue weighted by Gasteiger charge is -2.19. The fourth-order valence-electron chi connectivity index (χ4n) is 2.81. The lowest BCUT2D eigenvalue weighted by Crippen LogP contribution is -2.47. The summed E-state index contributed by atoms with van der Waals surface area (Å²) in [6.45, 7) is 3.13. The van der Waals surface area contributed by atoms with Crippen LogP contribution in [0.25, 0.3) is 0 Å². The van der Waals surface area contributed by atoms with E-state index in [9.17, 15) is 9.59 Å². The molecule has 0 bridgehead atoms. The molecule has 0 aromatic heterocycles. The van der Waals surface area contributed by atoms with Crippen LogP contribution in [0.2, 0.25) is 10.0 Å². The SMILES string of the molecule is CCCCOc1cccc(CNC(=O)C(CCSC)NC(=O)c2ccc(Cl)cc2Cl)c1. The Labute approximate surface area is 198 Å². The molecule has 0 fully saturated rings. The van der Waals surface area contributed by atoms with Crippen molar-refractivity contribution < 1.29 is 14.3 Å². The summed E-state index contributed by atoms with van der Waals surface area (Å²) in [5, 5.41) is 6.39. The molecule has 31 heavy (non-hydrogen) atoms. The molecule has 0 saturated heterocycles. The van der Waals surface area contributed by atoms with Crippen LogP contribution in [0.15, 0.2) is 42.5 Å². The molecule has 168 valence electrons. The van der Waals surface area contributed by atoms with Crippen molar-refractivity contribution in [1.82, 2.24) is 10.6 Å². The van der Waals surface area contributed by atoms with E-state index in [4.69, 9.17) is 27.9 Å². The number of carbonyl (C=O) groups excluding carboxylic acids is 2. The minimum atomic E-state index is -0.671. The van der Waals surface area contributed by atoms with Gasteiger partial charge in [0.15, 0.2) is 0 Å². The first-order chi connectivity index (χ1) is 14.9. The van der Waals surface area contributed by atoms with Gasteiger partial charge in [-0.2, -0.15) is 11.8 Å². The van der Waals surface area contributed by atoms with Crippen LogP contribution in [-0.4, -0.2) is 36.5 Å². The van der Waals surface area contributed by atoms with Gasteiger partial charge in [-0.05, 0) is 60.7 Å². The number of rotatable bonds is 12. The zero-order valence-electron chi connectivity index (χ0n) is 17.8. The Balaban J connectivity index is 1.99. The van der Waals surface area contributed by atoms with Crippen LogP contribution in [-0.2, 0) is 11.3 Å². The summed E-state index contributed by atoms with van der Waals surface area (Å²) in [6, 6.07) is 11.6. The van der Waals surface area contributed by atoms with Gasteiger partial charge in [0, 0.05) is 11.6 Å². The second-order valence-corrected chi connectivity index (χ2v) is 8.83. The third-order valence-electron chi connectivity index (χ3n) is 4.54. The highest BCUT2D eigenvalue weighted by Gasteiger charge is 2.22. The molecule has 5 nitrogen and oxygen atoms in total. The minimum absolute atomic E-state index is 0.244. The van der Waals surface area contributed by atoms with Crippen molar-refractivity contribution in [2.75, 3.05) is 18.6 Å². The number of nitrogens with one attached hydrogen (secondary N) is 2. The zero-order valence-corrected chi connectivity index (χ0v) is 20.1. The molecule has 2 aromatic rings. The van der Waals surface area contributed by atoms with Crippen molar-refractivity contribution in [3.05, 3.63) is 63.6 Å². The normalized spacial score (nSPS) is 11.6. The highest BCUT2D eigenvalue weighted by atomic mass is 35.5. The van der Waals surface area contributed by atoms with Gasteiger partial charge in [-0.3, -0.25) is 9.59 Å². The van der Waals surface area contributed by atoms with Gasteiger partial charge in [-0.15, -0.1) is 0 Å². The standard InChI is InChI=1S/C23H28Cl2N2O3S/c1-3-4-11-30-18-7-5-6-16(13-18)15-26-23(29)21(10-12-31-2)27-22(28)19-9-8-17(24)14-20(19)25/h5-9,13-14,21H,3-4,10-12,15H2,1-2H3,(H,26,29)(H,27,28). The molecule has 1 atom stereocenters. The predicted molar refractivity (Wildman–Crippen MR) is 129 cm³/mol. The maximum atomic E-state index is 12.8. The fourth-order valence-corrected chi connectivity index (χ4v) is 3.77. The quantitative estimate of drug-likeness (QED) is 0.400. The number of unbranched alkanes of at least 4 members (excludes halogenated alkanes) is 1. The highest BCUT2D eigenvalue weighted by molar-refractivity contribution is 7.98. The molecule has 0 aliphatic carbocycles. The molecule has 2 amide bonds. The molecule has 0 aliphatic rings. The van der Waals surface area contributed by atoms with Crippen LogP contribution in [0.4, 0.5) is 0 Å². The van der Waals surface area contributed by atoms with E-state index in [0.717, 1.165) is 29.9 Å². The van der Waals surface area contributed by atoms with Crippen molar-refractivity contribution in [1.29, 1.82) is 0 Å². The number of benzene rings is 2. The van der Waals surface area contributed by atoms with Gasteiger partial charge in [-0.25, -0.2) is 0 Å². The minimum Gasteiger partial charge on any atom is -0.494 e. The highest BCUT2D eigenvalue weighted by Crippen LogP contribution is 2.21. The summed E-state index contributed by atoms with van der Waals surface area (Å²) in [5.41, 5.74) is 1.21. The molecule has 8 heteroatoms. The van der Waals surface area contributed by atoms with Crippen LogP contribution in [0, 0.1) is 0 Å². The Hall–Kier alpha value is -1.89. The van der Waals surface area contributed by atoms with E-state index in [2.05, 4.69) is 17.6 Å². The van der Waals surface area contributed by atoms with Crippen LogP contribution in [0.5, 0.6) is 5.75 Å². The monoisotopic (exact) mass is 482 g/mol. The maximum Gasteiger partial charge on any atom is 0.253 e. The van der Waals surface area contributed by atoms with Crippen molar-refractivity contribution in [3.63, 3.8) is 0 Å². The number of carbonyl (C=O) groups is 2. The molecule has 0 saturated carbocycles. The lowest BCUT2D eigenvalue weighted by molar-refractivity contribution is -0.123. The van der Waals surface area contributed by atoms with E-state index in [0.29, 0.717) is 24.6 Å². The first kappa shape index (κ1) is 25.4. The number of hydrogen-bond donors (Lipinski definition) is 2. The number of hydrogen-bond acceptors (Lipinski definition) is 4. The van der Waals surface area contributed by atoms with Gasteiger partial charge < -0.3 is 15.4 Å². The van der Waals surface area contributed by atoms with Crippen molar-refractivity contribution >= 4 is 46.8 Å². The van der Waals surface area contributed by atoms with Crippen molar-refractivity contribution in [3.8, 4) is 5.75 Å². The van der Waals surface area contributed by atoms with E-state index >= 15 is 0 Å². The Morgan fingerprint density at radius 3 is 2.68 bits per heavy atom. The number of halogens is 2. The topological polar surface area (TPSA) is 67.4 Å². The maximum absolute atomic E-state index is 12.8. The smallest absolute Gasteiger partial charge is 0.253 e. The lowest BCUT2D eigenvalue weighted by atomic mass is 10.1. The second kappa shape index (κ2) is 13.5. The van der Waals surface area contributed by atoms with E-state index in [1.54, 1.807) is 23.9 Å².